The maximum absolute atomic E-state index is 12.1. The lowest BCUT2D eigenvalue weighted by atomic mass is 10.2. The van der Waals surface area contributed by atoms with Gasteiger partial charge < -0.3 is 10.6 Å². The van der Waals surface area contributed by atoms with Crippen molar-refractivity contribution in [2.45, 2.75) is 37.1 Å². The maximum Gasteiger partial charge on any atom is 0.240 e. The van der Waals surface area contributed by atoms with E-state index in [1.54, 1.807) is 12.1 Å². The van der Waals surface area contributed by atoms with Crippen LogP contribution >= 0.6 is 0 Å². The van der Waals surface area contributed by atoms with E-state index in [0.717, 1.165) is 25.8 Å². The molecule has 2 rings (SSSR count). The summed E-state index contributed by atoms with van der Waals surface area (Å²) < 4.78 is 26.8. The summed E-state index contributed by atoms with van der Waals surface area (Å²) >= 11 is 0. The Kier molecular flexibility index (Phi) is 5.33. The first-order valence-electron chi connectivity index (χ1n) is 7.08. The van der Waals surface area contributed by atoms with Crippen LogP contribution in [0, 0.1) is 0 Å². The van der Waals surface area contributed by atoms with Gasteiger partial charge in [-0.15, -0.1) is 0 Å². The quantitative estimate of drug-likeness (QED) is 0.733. The van der Waals surface area contributed by atoms with E-state index in [9.17, 15) is 13.2 Å². The molecule has 0 unspecified atom stereocenters. The first kappa shape index (κ1) is 15.9. The normalized spacial score (nSPS) is 18.6. The second-order valence-electron chi connectivity index (χ2n) is 5.19. The van der Waals surface area contributed by atoms with Gasteiger partial charge in [0, 0.05) is 25.2 Å². The standard InChI is InChI=1S/C14H21N3O3S/c1-11(18)17-13-4-6-14(7-5-13)21(19,20)16-10-8-12-3-2-9-15-12/h4-7,12,15-16H,2-3,8-10H2,1H3,(H,17,18)/t12-/m0/s1. The number of carbonyl (C=O) groups excluding carboxylic acids is 1. The van der Waals surface area contributed by atoms with Crippen molar-refractivity contribution in [2.75, 3.05) is 18.4 Å². The van der Waals surface area contributed by atoms with E-state index in [1.165, 1.54) is 19.1 Å². The molecule has 0 aromatic heterocycles. The maximum atomic E-state index is 12.1. The minimum atomic E-state index is -3.49. The van der Waals surface area contributed by atoms with Crippen LogP contribution in [0.25, 0.3) is 0 Å². The van der Waals surface area contributed by atoms with E-state index in [-0.39, 0.29) is 10.8 Å². The summed E-state index contributed by atoms with van der Waals surface area (Å²) in [6.07, 6.45) is 3.05. The number of sulfonamides is 1. The Balaban J connectivity index is 1.90. The highest BCUT2D eigenvalue weighted by Crippen LogP contribution is 2.14. The van der Waals surface area contributed by atoms with Crippen molar-refractivity contribution in [3.05, 3.63) is 24.3 Å². The first-order chi connectivity index (χ1) is 9.97. The van der Waals surface area contributed by atoms with Gasteiger partial charge in [0.05, 0.1) is 4.90 Å². The van der Waals surface area contributed by atoms with E-state index in [4.69, 9.17) is 0 Å². The number of amides is 1. The van der Waals surface area contributed by atoms with Gasteiger partial charge in [0.1, 0.15) is 0 Å². The Morgan fingerprint density at radius 1 is 1.33 bits per heavy atom. The third-order valence-corrected chi connectivity index (χ3v) is 4.91. The average molecular weight is 311 g/mol. The third-order valence-electron chi connectivity index (χ3n) is 3.43. The molecule has 0 saturated carbocycles. The van der Waals surface area contributed by atoms with Crippen LogP contribution in [0.5, 0.6) is 0 Å². The molecule has 1 aromatic rings. The Labute approximate surface area is 125 Å². The van der Waals surface area contributed by atoms with Gasteiger partial charge >= 0.3 is 0 Å². The summed E-state index contributed by atoms with van der Waals surface area (Å²) in [5, 5.41) is 5.93. The van der Waals surface area contributed by atoms with Crippen molar-refractivity contribution in [1.82, 2.24) is 10.0 Å². The molecule has 0 aliphatic carbocycles. The molecule has 0 radical (unpaired) electrons. The van der Waals surface area contributed by atoms with Gasteiger partial charge in [0.25, 0.3) is 0 Å². The second kappa shape index (κ2) is 7.02. The van der Waals surface area contributed by atoms with Crippen LogP contribution in [-0.2, 0) is 14.8 Å². The first-order valence-corrected chi connectivity index (χ1v) is 8.56. The fourth-order valence-electron chi connectivity index (χ4n) is 2.37. The van der Waals surface area contributed by atoms with Crippen LogP contribution < -0.4 is 15.4 Å². The summed E-state index contributed by atoms with van der Waals surface area (Å²) in [4.78, 5) is 11.1. The highest BCUT2D eigenvalue weighted by Gasteiger charge is 2.17. The number of benzene rings is 1. The summed E-state index contributed by atoms with van der Waals surface area (Å²) in [5.41, 5.74) is 0.580. The second-order valence-corrected chi connectivity index (χ2v) is 6.95. The number of rotatable bonds is 6. The van der Waals surface area contributed by atoms with Crippen LogP contribution in [0.3, 0.4) is 0 Å². The molecule has 1 amide bonds. The predicted molar refractivity (Wildman–Crippen MR) is 81.6 cm³/mol. The van der Waals surface area contributed by atoms with Crippen molar-refractivity contribution in [3.8, 4) is 0 Å². The lowest BCUT2D eigenvalue weighted by Crippen LogP contribution is -2.30. The zero-order valence-corrected chi connectivity index (χ0v) is 12.9. The van der Waals surface area contributed by atoms with Crippen molar-refractivity contribution in [3.63, 3.8) is 0 Å². The van der Waals surface area contributed by atoms with E-state index >= 15 is 0 Å². The number of carbonyl (C=O) groups is 1. The molecule has 1 saturated heterocycles. The number of anilines is 1. The molecule has 116 valence electrons. The van der Waals surface area contributed by atoms with Gasteiger partial charge in [0.15, 0.2) is 0 Å². The van der Waals surface area contributed by atoms with Crippen molar-refractivity contribution < 1.29 is 13.2 Å². The largest absolute Gasteiger partial charge is 0.326 e. The Hall–Kier alpha value is -1.44. The minimum Gasteiger partial charge on any atom is -0.326 e. The fourth-order valence-corrected chi connectivity index (χ4v) is 3.42. The molecule has 1 heterocycles. The van der Waals surface area contributed by atoms with E-state index < -0.39 is 10.0 Å². The Morgan fingerprint density at radius 3 is 2.62 bits per heavy atom. The average Bonchev–Trinajstić information content (AvgIpc) is 2.91. The SMILES string of the molecule is CC(=O)Nc1ccc(S(=O)(=O)NCC[C@@H]2CCCN2)cc1. The van der Waals surface area contributed by atoms with Crippen LogP contribution in [-0.4, -0.2) is 33.5 Å². The molecule has 0 bridgehead atoms. The van der Waals surface area contributed by atoms with Gasteiger partial charge in [-0.25, -0.2) is 13.1 Å². The van der Waals surface area contributed by atoms with Gasteiger partial charge in [-0.1, -0.05) is 0 Å². The Bertz CT molecular complexity index is 578. The lowest BCUT2D eigenvalue weighted by Gasteiger charge is -2.11. The van der Waals surface area contributed by atoms with Gasteiger partial charge in [-0.3, -0.25) is 4.79 Å². The number of nitrogens with one attached hydrogen (secondary N) is 3. The molecular formula is C14H21N3O3S. The smallest absolute Gasteiger partial charge is 0.240 e. The minimum absolute atomic E-state index is 0.187. The van der Waals surface area contributed by atoms with Gasteiger partial charge in [0.2, 0.25) is 15.9 Å². The predicted octanol–water partition coefficient (Wildman–Crippen LogP) is 1.07. The van der Waals surface area contributed by atoms with Crippen LogP contribution in [0.2, 0.25) is 0 Å². The monoisotopic (exact) mass is 311 g/mol. The summed E-state index contributed by atoms with van der Waals surface area (Å²) in [5.74, 6) is -0.187. The van der Waals surface area contributed by atoms with Crippen LogP contribution in [0.4, 0.5) is 5.69 Å². The summed E-state index contributed by atoms with van der Waals surface area (Å²) in [7, 11) is -3.49. The molecule has 21 heavy (non-hydrogen) atoms. The number of hydrogen-bond acceptors (Lipinski definition) is 4. The van der Waals surface area contributed by atoms with Crippen LogP contribution in [0.15, 0.2) is 29.2 Å². The van der Waals surface area contributed by atoms with Crippen molar-refractivity contribution in [2.24, 2.45) is 0 Å². The molecule has 1 aliphatic heterocycles. The lowest BCUT2D eigenvalue weighted by molar-refractivity contribution is -0.114. The summed E-state index contributed by atoms with van der Waals surface area (Å²) in [6.45, 7) is 2.85. The molecular weight excluding hydrogens is 290 g/mol. The third kappa shape index (κ3) is 4.80. The van der Waals surface area contributed by atoms with Gasteiger partial charge in [-0.2, -0.15) is 0 Å². The topological polar surface area (TPSA) is 87.3 Å². The number of hydrogen-bond donors (Lipinski definition) is 3. The molecule has 1 aliphatic rings. The molecule has 6 nitrogen and oxygen atoms in total. The Morgan fingerprint density at radius 2 is 2.05 bits per heavy atom. The molecule has 1 aromatic carbocycles. The van der Waals surface area contributed by atoms with E-state index in [2.05, 4.69) is 15.4 Å². The van der Waals surface area contributed by atoms with Gasteiger partial charge in [-0.05, 0) is 50.1 Å². The van der Waals surface area contributed by atoms with Crippen molar-refractivity contribution in [1.29, 1.82) is 0 Å². The molecule has 7 heteroatoms. The zero-order valence-electron chi connectivity index (χ0n) is 12.1. The zero-order chi connectivity index (χ0) is 15.3. The van der Waals surface area contributed by atoms with Crippen LogP contribution in [0.1, 0.15) is 26.2 Å². The highest BCUT2D eigenvalue weighted by molar-refractivity contribution is 7.89. The molecule has 3 N–H and O–H groups in total. The van der Waals surface area contributed by atoms with Crippen molar-refractivity contribution >= 4 is 21.6 Å². The molecule has 0 spiro atoms. The summed E-state index contributed by atoms with van der Waals surface area (Å²) in [6, 6.07) is 6.54. The van der Waals surface area contributed by atoms with E-state index in [1.807, 2.05) is 0 Å². The molecule has 1 atom stereocenters. The highest BCUT2D eigenvalue weighted by atomic mass is 32.2. The fraction of sp³-hybridized carbons (Fsp3) is 0.500. The van der Waals surface area contributed by atoms with E-state index in [0.29, 0.717) is 18.3 Å². The molecule has 1 fully saturated rings.